The molecule has 0 spiro atoms. The van der Waals surface area contributed by atoms with Crippen LogP contribution in [0.4, 0.5) is 0 Å². The van der Waals surface area contributed by atoms with Crippen LogP contribution in [0.1, 0.15) is 23.2 Å². The third-order valence-electron chi connectivity index (χ3n) is 3.15. The molecule has 0 atom stereocenters. The largest absolute Gasteiger partial charge is 0.352 e. The third-order valence-corrected chi connectivity index (χ3v) is 3.15. The maximum Gasteiger partial charge on any atom is 0.254 e. The maximum absolute atomic E-state index is 11.6. The second-order valence-corrected chi connectivity index (χ2v) is 4.44. The number of nitrogens with zero attached hydrogens (tertiary/aromatic N) is 2. The third kappa shape index (κ3) is 2.82. The first kappa shape index (κ1) is 11.1. The van der Waals surface area contributed by atoms with Crippen LogP contribution in [-0.2, 0) is 0 Å². The van der Waals surface area contributed by atoms with Crippen LogP contribution in [-0.4, -0.2) is 47.7 Å². The molecular weight excluding hydrogens is 204 g/mol. The zero-order chi connectivity index (χ0) is 11.4. The molecule has 2 rings (SSSR count). The molecule has 0 aromatic carbocycles. The molecule has 1 fully saturated rings. The fourth-order valence-corrected chi connectivity index (χ4v) is 1.98. The average molecular weight is 222 g/mol. The van der Waals surface area contributed by atoms with Crippen molar-refractivity contribution in [3.05, 3.63) is 18.0 Å². The van der Waals surface area contributed by atoms with Gasteiger partial charge in [0.1, 0.15) is 0 Å². The van der Waals surface area contributed by atoms with Crippen LogP contribution >= 0.6 is 0 Å². The van der Waals surface area contributed by atoms with Gasteiger partial charge >= 0.3 is 0 Å². The molecule has 1 amide bonds. The minimum atomic E-state index is -0.0346. The summed E-state index contributed by atoms with van der Waals surface area (Å²) in [4.78, 5) is 14.0. The summed E-state index contributed by atoms with van der Waals surface area (Å²) in [5.41, 5.74) is 0.605. The summed E-state index contributed by atoms with van der Waals surface area (Å²) in [6.07, 6.45) is 5.50. The molecule has 0 bridgehead atoms. The summed E-state index contributed by atoms with van der Waals surface area (Å²) in [5.74, 6) is 0.583. The van der Waals surface area contributed by atoms with Crippen LogP contribution in [0.15, 0.2) is 12.4 Å². The van der Waals surface area contributed by atoms with Crippen molar-refractivity contribution < 1.29 is 4.79 Å². The van der Waals surface area contributed by atoms with E-state index in [1.807, 2.05) is 0 Å². The SMILES string of the molecule is CN1CCC(CNC(=O)c2cn[nH]c2)CC1. The monoisotopic (exact) mass is 222 g/mol. The van der Waals surface area contributed by atoms with Crippen LogP contribution in [0.5, 0.6) is 0 Å². The van der Waals surface area contributed by atoms with E-state index < -0.39 is 0 Å². The van der Waals surface area contributed by atoms with E-state index in [-0.39, 0.29) is 5.91 Å². The van der Waals surface area contributed by atoms with Gasteiger partial charge in [-0.2, -0.15) is 5.10 Å². The number of nitrogens with one attached hydrogen (secondary N) is 2. The normalized spacial score (nSPS) is 18.6. The molecule has 5 nitrogen and oxygen atoms in total. The summed E-state index contributed by atoms with van der Waals surface area (Å²) in [6, 6.07) is 0. The second kappa shape index (κ2) is 5.12. The maximum atomic E-state index is 11.6. The number of hydrogen-bond acceptors (Lipinski definition) is 3. The van der Waals surface area contributed by atoms with Gasteiger partial charge < -0.3 is 10.2 Å². The predicted octanol–water partition coefficient (Wildman–Crippen LogP) is 0.481. The number of rotatable bonds is 3. The first-order valence-corrected chi connectivity index (χ1v) is 5.71. The van der Waals surface area contributed by atoms with E-state index in [2.05, 4.69) is 27.5 Å². The highest BCUT2D eigenvalue weighted by Gasteiger charge is 2.17. The van der Waals surface area contributed by atoms with E-state index in [4.69, 9.17) is 0 Å². The van der Waals surface area contributed by atoms with E-state index in [9.17, 15) is 4.79 Å². The number of likely N-dealkylation sites (tertiary alicyclic amines) is 1. The van der Waals surface area contributed by atoms with Crippen LogP contribution < -0.4 is 5.32 Å². The van der Waals surface area contributed by atoms with Crippen molar-refractivity contribution in [3.8, 4) is 0 Å². The van der Waals surface area contributed by atoms with Crippen molar-refractivity contribution in [2.45, 2.75) is 12.8 Å². The lowest BCUT2D eigenvalue weighted by molar-refractivity contribution is 0.0939. The van der Waals surface area contributed by atoms with Crippen molar-refractivity contribution in [1.82, 2.24) is 20.4 Å². The molecule has 1 aromatic heterocycles. The molecule has 1 aliphatic heterocycles. The van der Waals surface area contributed by atoms with Crippen molar-refractivity contribution in [2.24, 2.45) is 5.92 Å². The van der Waals surface area contributed by atoms with Crippen LogP contribution in [0, 0.1) is 5.92 Å². The number of aromatic nitrogens is 2. The first-order chi connectivity index (χ1) is 7.75. The summed E-state index contributed by atoms with van der Waals surface area (Å²) in [6.45, 7) is 3.04. The van der Waals surface area contributed by atoms with Crippen molar-refractivity contribution >= 4 is 5.91 Å². The minimum absolute atomic E-state index is 0.0346. The Bertz CT molecular complexity index is 328. The quantitative estimate of drug-likeness (QED) is 0.782. The number of carbonyl (C=O) groups is 1. The summed E-state index contributed by atoms with van der Waals surface area (Å²) < 4.78 is 0. The molecule has 0 unspecified atom stereocenters. The van der Waals surface area contributed by atoms with Gasteiger partial charge in [-0.1, -0.05) is 0 Å². The molecule has 5 heteroatoms. The number of amides is 1. The van der Waals surface area contributed by atoms with Crippen LogP contribution in [0.3, 0.4) is 0 Å². The van der Waals surface area contributed by atoms with Gasteiger partial charge in [-0.3, -0.25) is 9.89 Å². The molecule has 16 heavy (non-hydrogen) atoms. The predicted molar refractivity (Wildman–Crippen MR) is 61.1 cm³/mol. The van der Waals surface area contributed by atoms with Crippen molar-refractivity contribution in [2.75, 3.05) is 26.7 Å². The van der Waals surface area contributed by atoms with E-state index >= 15 is 0 Å². The Balaban J connectivity index is 1.73. The Kier molecular flexibility index (Phi) is 3.56. The Hall–Kier alpha value is -1.36. The Morgan fingerprint density at radius 2 is 2.38 bits per heavy atom. The molecule has 0 saturated carbocycles. The molecule has 0 aliphatic carbocycles. The number of piperidine rings is 1. The number of aromatic amines is 1. The molecule has 2 heterocycles. The van der Waals surface area contributed by atoms with Crippen LogP contribution in [0.2, 0.25) is 0 Å². The van der Waals surface area contributed by atoms with Crippen molar-refractivity contribution in [1.29, 1.82) is 0 Å². The van der Waals surface area contributed by atoms with E-state index in [1.165, 1.54) is 12.8 Å². The van der Waals surface area contributed by atoms with Gasteiger partial charge in [-0.05, 0) is 38.9 Å². The van der Waals surface area contributed by atoms with Gasteiger partial charge in [0.2, 0.25) is 0 Å². The lowest BCUT2D eigenvalue weighted by atomic mass is 9.97. The number of hydrogen-bond donors (Lipinski definition) is 2. The van der Waals surface area contributed by atoms with Crippen molar-refractivity contribution in [3.63, 3.8) is 0 Å². The molecular formula is C11H18N4O. The topological polar surface area (TPSA) is 61.0 Å². The fraction of sp³-hybridized carbons (Fsp3) is 0.636. The molecule has 2 N–H and O–H groups in total. The lowest BCUT2D eigenvalue weighted by Gasteiger charge is -2.28. The zero-order valence-electron chi connectivity index (χ0n) is 9.57. The molecule has 1 aliphatic rings. The van der Waals surface area contributed by atoms with Gasteiger partial charge in [-0.15, -0.1) is 0 Å². The van der Waals surface area contributed by atoms with Gasteiger partial charge in [0, 0.05) is 12.7 Å². The van der Waals surface area contributed by atoms with Gasteiger partial charge in [0.15, 0.2) is 0 Å². The first-order valence-electron chi connectivity index (χ1n) is 5.71. The van der Waals surface area contributed by atoms with E-state index in [1.54, 1.807) is 12.4 Å². The van der Waals surface area contributed by atoms with Crippen LogP contribution in [0.25, 0.3) is 0 Å². The zero-order valence-corrected chi connectivity index (χ0v) is 9.57. The average Bonchev–Trinajstić information content (AvgIpc) is 2.81. The Morgan fingerprint density at radius 3 is 3.00 bits per heavy atom. The van der Waals surface area contributed by atoms with Gasteiger partial charge in [0.05, 0.1) is 11.8 Å². The Labute approximate surface area is 95.2 Å². The summed E-state index contributed by atoms with van der Waals surface area (Å²) >= 11 is 0. The Morgan fingerprint density at radius 1 is 1.62 bits per heavy atom. The van der Waals surface area contributed by atoms with E-state index in [0.717, 1.165) is 19.6 Å². The molecule has 1 aromatic rings. The fourth-order valence-electron chi connectivity index (χ4n) is 1.98. The summed E-state index contributed by atoms with van der Waals surface area (Å²) in [5, 5.41) is 9.34. The highest BCUT2D eigenvalue weighted by atomic mass is 16.1. The smallest absolute Gasteiger partial charge is 0.254 e. The number of H-pyrrole nitrogens is 1. The highest BCUT2D eigenvalue weighted by molar-refractivity contribution is 5.93. The van der Waals surface area contributed by atoms with E-state index in [0.29, 0.717) is 11.5 Å². The molecule has 0 radical (unpaired) electrons. The summed E-state index contributed by atoms with van der Waals surface area (Å²) in [7, 11) is 2.14. The highest BCUT2D eigenvalue weighted by Crippen LogP contribution is 2.14. The minimum Gasteiger partial charge on any atom is -0.352 e. The second-order valence-electron chi connectivity index (χ2n) is 4.44. The molecule has 1 saturated heterocycles. The standard InChI is InChI=1S/C11H18N4O/c1-15-4-2-9(3-5-15)6-12-11(16)10-7-13-14-8-10/h7-9H,2-6H2,1H3,(H,12,16)(H,13,14). The molecule has 88 valence electrons. The van der Waals surface area contributed by atoms with Gasteiger partial charge in [-0.25, -0.2) is 0 Å². The number of carbonyl (C=O) groups excluding carboxylic acids is 1. The lowest BCUT2D eigenvalue weighted by Crippen LogP contribution is -2.36. The van der Waals surface area contributed by atoms with Gasteiger partial charge in [0.25, 0.3) is 5.91 Å².